The highest BCUT2D eigenvalue weighted by atomic mass is 35.5. The summed E-state index contributed by atoms with van der Waals surface area (Å²) in [5.41, 5.74) is -3.25. The number of hydrogen-bond donors (Lipinski definition) is 2. The quantitative estimate of drug-likeness (QED) is 0.344. The molecule has 2 N–H and O–H groups in total. The molecule has 0 radical (unpaired) electrons. The van der Waals surface area contributed by atoms with Crippen LogP contribution in [0, 0.1) is 5.82 Å². The second-order valence-electron chi connectivity index (χ2n) is 7.42. The third-order valence-corrected chi connectivity index (χ3v) is 5.52. The van der Waals surface area contributed by atoms with Crippen molar-refractivity contribution in [3.05, 3.63) is 93.6 Å². The molecule has 0 fully saturated rings. The zero-order valence-electron chi connectivity index (χ0n) is 17.7. The number of alkyl halides is 3. The Morgan fingerprint density at radius 2 is 1.78 bits per heavy atom. The molecular weight excluding hydrogens is 506 g/mol. The fourth-order valence-electron chi connectivity index (χ4n) is 3.67. The van der Waals surface area contributed by atoms with Gasteiger partial charge in [-0.3, -0.25) is 9.59 Å². The van der Waals surface area contributed by atoms with E-state index in [0.717, 1.165) is 16.9 Å². The van der Waals surface area contributed by atoms with Gasteiger partial charge in [0.25, 0.3) is 11.5 Å². The van der Waals surface area contributed by atoms with Crippen molar-refractivity contribution in [2.45, 2.75) is 6.18 Å². The first-order valence-electron chi connectivity index (χ1n) is 10.1. The van der Waals surface area contributed by atoms with Crippen molar-refractivity contribution in [3.8, 4) is 11.4 Å². The molecule has 0 aliphatic carbocycles. The maximum absolute atomic E-state index is 14.7. The van der Waals surface area contributed by atoms with Gasteiger partial charge in [-0.2, -0.15) is 28.5 Å². The molecule has 182 valence electrons. The minimum Gasteiger partial charge on any atom is -0.329 e. The summed E-state index contributed by atoms with van der Waals surface area (Å²) in [5, 5.41) is 13.8. The van der Waals surface area contributed by atoms with Crippen LogP contribution in [0.2, 0.25) is 5.02 Å². The van der Waals surface area contributed by atoms with Crippen LogP contribution in [-0.2, 0) is 6.18 Å². The van der Waals surface area contributed by atoms with Gasteiger partial charge in [0.2, 0.25) is 0 Å². The maximum Gasteiger partial charge on any atom is 0.434 e. The van der Waals surface area contributed by atoms with Crippen LogP contribution in [0.5, 0.6) is 0 Å². The van der Waals surface area contributed by atoms with E-state index in [9.17, 15) is 27.2 Å². The van der Waals surface area contributed by atoms with Gasteiger partial charge in [-0.05, 0) is 24.3 Å². The number of aromatic amines is 1. The van der Waals surface area contributed by atoms with Gasteiger partial charge in [-0.1, -0.05) is 17.7 Å². The topological polar surface area (TPSA) is 110 Å². The molecule has 0 saturated carbocycles. The van der Waals surface area contributed by atoms with Crippen molar-refractivity contribution >= 4 is 34.0 Å². The maximum atomic E-state index is 14.7. The third-order valence-electron chi connectivity index (χ3n) is 5.22. The van der Waals surface area contributed by atoms with Crippen LogP contribution in [0.3, 0.4) is 0 Å². The molecule has 36 heavy (non-hydrogen) atoms. The Bertz CT molecular complexity index is 1680. The van der Waals surface area contributed by atoms with Crippen LogP contribution in [-0.4, -0.2) is 35.7 Å². The SMILES string of the molecule is O=C(Nc1cc(Cl)c(-n2nccn2)cc1F)c1cnn(-c2cccc3c(=O)[nH]ccc23)c1C(F)(F)F. The summed E-state index contributed by atoms with van der Waals surface area (Å²) >= 11 is 6.14. The van der Waals surface area contributed by atoms with E-state index < -0.39 is 40.4 Å². The largest absolute Gasteiger partial charge is 0.434 e. The number of fused-ring (bicyclic) bond motifs is 1. The first-order valence-corrected chi connectivity index (χ1v) is 10.5. The van der Waals surface area contributed by atoms with Crippen LogP contribution in [0.4, 0.5) is 23.2 Å². The molecule has 5 aromatic rings. The molecule has 5 rings (SSSR count). The van der Waals surface area contributed by atoms with Gasteiger partial charge < -0.3 is 10.3 Å². The molecule has 0 bridgehead atoms. The van der Waals surface area contributed by atoms with Gasteiger partial charge in [0.15, 0.2) is 5.69 Å². The highest BCUT2D eigenvalue weighted by molar-refractivity contribution is 6.32. The van der Waals surface area contributed by atoms with Crippen molar-refractivity contribution in [2.75, 3.05) is 5.32 Å². The fourth-order valence-corrected chi connectivity index (χ4v) is 3.91. The predicted octanol–water partition coefficient (Wildman–Crippen LogP) is 4.36. The summed E-state index contributed by atoms with van der Waals surface area (Å²) in [6, 6.07) is 7.54. The molecule has 0 unspecified atom stereocenters. The standard InChI is InChI=1S/C22H12ClF4N7O2/c23-14-8-16(15(24)9-18(14)34-29-6-7-30-34)32-21(36)13-10-31-33(19(13)22(25,26)27)17-3-1-2-12-11(17)4-5-28-20(12)35/h1-10H,(H,28,35)(H,32,36). The number of carbonyl (C=O) groups is 1. The van der Waals surface area contributed by atoms with Crippen molar-refractivity contribution < 1.29 is 22.4 Å². The van der Waals surface area contributed by atoms with Crippen LogP contribution >= 0.6 is 11.6 Å². The van der Waals surface area contributed by atoms with Gasteiger partial charge in [0.1, 0.15) is 11.5 Å². The highest BCUT2D eigenvalue weighted by Crippen LogP contribution is 2.35. The molecule has 0 aliphatic rings. The Balaban J connectivity index is 1.57. The number of nitrogens with one attached hydrogen (secondary N) is 2. The molecule has 9 nitrogen and oxygen atoms in total. The average Bonchev–Trinajstić information content (AvgIpc) is 3.51. The molecule has 3 heterocycles. The summed E-state index contributed by atoms with van der Waals surface area (Å²) in [6.07, 6.45) is -0.351. The predicted molar refractivity (Wildman–Crippen MR) is 121 cm³/mol. The van der Waals surface area contributed by atoms with Crippen molar-refractivity contribution in [1.29, 1.82) is 0 Å². The molecule has 0 saturated heterocycles. The lowest BCUT2D eigenvalue weighted by Gasteiger charge is -2.14. The lowest BCUT2D eigenvalue weighted by Crippen LogP contribution is -2.21. The first kappa shape index (κ1) is 23.2. The summed E-state index contributed by atoms with van der Waals surface area (Å²) in [4.78, 5) is 28.4. The Labute approximate surface area is 202 Å². The van der Waals surface area contributed by atoms with E-state index in [-0.39, 0.29) is 27.2 Å². The summed E-state index contributed by atoms with van der Waals surface area (Å²) < 4.78 is 57.6. The summed E-state index contributed by atoms with van der Waals surface area (Å²) in [7, 11) is 0. The lowest BCUT2D eigenvalue weighted by atomic mass is 10.1. The van der Waals surface area contributed by atoms with E-state index in [4.69, 9.17) is 11.6 Å². The lowest BCUT2D eigenvalue weighted by molar-refractivity contribution is -0.143. The Kier molecular flexibility index (Phi) is 5.55. The van der Waals surface area contributed by atoms with Crippen LogP contribution in [0.1, 0.15) is 16.1 Å². The fraction of sp³-hybridized carbons (Fsp3) is 0.0455. The van der Waals surface area contributed by atoms with Gasteiger partial charge in [-0.25, -0.2) is 9.07 Å². The van der Waals surface area contributed by atoms with Crippen molar-refractivity contribution in [1.82, 2.24) is 29.8 Å². The highest BCUT2D eigenvalue weighted by Gasteiger charge is 2.41. The van der Waals surface area contributed by atoms with Gasteiger partial charge in [0, 0.05) is 23.0 Å². The second-order valence-corrected chi connectivity index (χ2v) is 7.82. The number of pyridine rings is 1. The minimum absolute atomic E-state index is 0.0596. The van der Waals surface area contributed by atoms with E-state index in [1.807, 2.05) is 0 Å². The van der Waals surface area contributed by atoms with Gasteiger partial charge >= 0.3 is 6.18 Å². The van der Waals surface area contributed by atoms with Crippen LogP contribution in [0.15, 0.2) is 66.0 Å². The number of halogens is 5. The number of H-pyrrole nitrogens is 1. The molecule has 2 aromatic carbocycles. The van der Waals surface area contributed by atoms with E-state index >= 15 is 0 Å². The van der Waals surface area contributed by atoms with Gasteiger partial charge in [0.05, 0.1) is 40.6 Å². The second kappa shape index (κ2) is 8.61. The smallest absolute Gasteiger partial charge is 0.329 e. The van der Waals surface area contributed by atoms with Gasteiger partial charge in [-0.15, -0.1) is 4.80 Å². The molecule has 0 atom stereocenters. The molecule has 3 aromatic heterocycles. The normalized spacial score (nSPS) is 11.7. The number of aromatic nitrogens is 6. The third kappa shape index (κ3) is 3.98. The van der Waals surface area contributed by atoms with Crippen LogP contribution in [0.25, 0.3) is 22.1 Å². The Morgan fingerprint density at radius 3 is 2.50 bits per heavy atom. The average molecular weight is 518 g/mol. The number of hydrogen-bond acceptors (Lipinski definition) is 5. The molecule has 0 spiro atoms. The van der Waals surface area contributed by atoms with E-state index in [1.54, 1.807) is 0 Å². The van der Waals surface area contributed by atoms with E-state index in [2.05, 4.69) is 25.6 Å². The number of nitrogens with zero attached hydrogens (tertiary/aromatic N) is 5. The monoisotopic (exact) mass is 517 g/mol. The number of anilines is 1. The zero-order chi connectivity index (χ0) is 25.6. The molecule has 14 heteroatoms. The molecule has 1 amide bonds. The van der Waals surface area contributed by atoms with Crippen molar-refractivity contribution in [2.24, 2.45) is 0 Å². The van der Waals surface area contributed by atoms with Crippen molar-refractivity contribution in [3.63, 3.8) is 0 Å². The Hall–Kier alpha value is -4.52. The summed E-state index contributed by atoms with van der Waals surface area (Å²) in [6.45, 7) is 0. The molecular formula is C22H12ClF4N7O2. The molecule has 0 aliphatic heterocycles. The Morgan fingerprint density at radius 1 is 1.03 bits per heavy atom. The number of carbonyl (C=O) groups excluding carboxylic acids is 1. The number of benzene rings is 2. The van der Waals surface area contributed by atoms with E-state index in [0.29, 0.717) is 10.9 Å². The number of amides is 1. The zero-order valence-corrected chi connectivity index (χ0v) is 18.5. The van der Waals surface area contributed by atoms with E-state index in [1.165, 1.54) is 42.9 Å². The minimum atomic E-state index is -5.03. The summed E-state index contributed by atoms with van der Waals surface area (Å²) in [5.74, 6) is -2.25. The van der Waals surface area contributed by atoms with Crippen LogP contribution < -0.4 is 10.9 Å². The number of rotatable bonds is 4. The first-order chi connectivity index (χ1) is 17.1.